The molecule has 0 spiro atoms. The van der Waals surface area contributed by atoms with Crippen molar-refractivity contribution in [2.24, 2.45) is 0 Å². The molecule has 0 radical (unpaired) electrons. The fourth-order valence-electron chi connectivity index (χ4n) is 2.50. The van der Waals surface area contributed by atoms with Crippen molar-refractivity contribution in [3.63, 3.8) is 0 Å². The number of ether oxygens (including phenoxy) is 1. The van der Waals surface area contributed by atoms with E-state index in [1.54, 1.807) is 7.11 Å². The normalized spacial score (nSPS) is 10.3. The van der Waals surface area contributed by atoms with Crippen molar-refractivity contribution in [1.82, 2.24) is 4.98 Å². The Morgan fingerprint density at radius 1 is 0.810 bits per heavy atom. The van der Waals surface area contributed by atoms with Gasteiger partial charge in [-0.05, 0) is 29.3 Å². The topological polar surface area (TPSA) is 22.1 Å². The van der Waals surface area contributed by atoms with E-state index in [1.807, 2.05) is 36.5 Å². The molecule has 0 N–H and O–H groups in total. The molecule has 2 aromatic carbocycles. The van der Waals surface area contributed by atoms with Gasteiger partial charge in [-0.1, -0.05) is 48.5 Å². The highest BCUT2D eigenvalue weighted by atomic mass is 16.5. The summed E-state index contributed by atoms with van der Waals surface area (Å²) >= 11 is 0. The van der Waals surface area contributed by atoms with Gasteiger partial charge >= 0.3 is 0 Å². The first kappa shape index (κ1) is 13.4. The van der Waals surface area contributed by atoms with Crippen LogP contribution in [0.15, 0.2) is 72.9 Å². The SMILES string of the molecule is COc1ccccc1-c1ccccc1Cc1ccccn1. The average molecular weight is 275 g/mol. The molecule has 0 unspecified atom stereocenters. The highest BCUT2D eigenvalue weighted by Crippen LogP contribution is 2.32. The number of methoxy groups -OCH3 is 1. The zero-order valence-corrected chi connectivity index (χ0v) is 12.0. The number of rotatable bonds is 4. The van der Waals surface area contributed by atoms with Gasteiger partial charge in [0.05, 0.1) is 7.11 Å². The third-order valence-electron chi connectivity index (χ3n) is 3.51. The fourth-order valence-corrected chi connectivity index (χ4v) is 2.50. The summed E-state index contributed by atoms with van der Waals surface area (Å²) in [6.07, 6.45) is 2.65. The first-order chi connectivity index (χ1) is 10.4. The number of hydrogen-bond donors (Lipinski definition) is 0. The van der Waals surface area contributed by atoms with Crippen LogP contribution in [0.3, 0.4) is 0 Å². The first-order valence-electron chi connectivity index (χ1n) is 6.99. The lowest BCUT2D eigenvalue weighted by atomic mass is 9.96. The van der Waals surface area contributed by atoms with Crippen LogP contribution in [0.2, 0.25) is 0 Å². The molecule has 0 aliphatic rings. The second-order valence-corrected chi connectivity index (χ2v) is 4.86. The van der Waals surface area contributed by atoms with E-state index in [0.717, 1.165) is 23.4 Å². The van der Waals surface area contributed by atoms with Crippen molar-refractivity contribution in [3.8, 4) is 16.9 Å². The third-order valence-corrected chi connectivity index (χ3v) is 3.51. The molecule has 0 saturated heterocycles. The van der Waals surface area contributed by atoms with Gasteiger partial charge in [0.15, 0.2) is 0 Å². The largest absolute Gasteiger partial charge is 0.496 e. The first-order valence-corrected chi connectivity index (χ1v) is 6.99. The predicted molar refractivity (Wildman–Crippen MR) is 85.5 cm³/mol. The Morgan fingerprint density at radius 2 is 1.52 bits per heavy atom. The molecule has 3 aromatic rings. The number of hydrogen-bond acceptors (Lipinski definition) is 2. The van der Waals surface area contributed by atoms with E-state index in [4.69, 9.17) is 4.74 Å². The summed E-state index contributed by atoms with van der Waals surface area (Å²) in [5.74, 6) is 0.894. The molecule has 1 heterocycles. The van der Waals surface area contributed by atoms with Gasteiger partial charge in [-0.2, -0.15) is 0 Å². The van der Waals surface area contributed by atoms with Crippen molar-refractivity contribution >= 4 is 0 Å². The summed E-state index contributed by atoms with van der Waals surface area (Å²) in [6.45, 7) is 0. The minimum absolute atomic E-state index is 0.815. The van der Waals surface area contributed by atoms with Crippen molar-refractivity contribution in [2.75, 3.05) is 7.11 Å². The molecule has 0 amide bonds. The Kier molecular flexibility index (Phi) is 3.97. The van der Waals surface area contributed by atoms with Crippen molar-refractivity contribution < 1.29 is 4.74 Å². The van der Waals surface area contributed by atoms with Gasteiger partial charge in [-0.15, -0.1) is 0 Å². The van der Waals surface area contributed by atoms with Crippen LogP contribution in [-0.4, -0.2) is 12.1 Å². The van der Waals surface area contributed by atoms with Crippen molar-refractivity contribution in [2.45, 2.75) is 6.42 Å². The van der Waals surface area contributed by atoms with E-state index in [-0.39, 0.29) is 0 Å². The molecular weight excluding hydrogens is 258 g/mol. The lowest BCUT2D eigenvalue weighted by Gasteiger charge is -2.13. The van der Waals surface area contributed by atoms with Crippen LogP contribution in [0.5, 0.6) is 5.75 Å². The number of nitrogens with zero attached hydrogens (tertiary/aromatic N) is 1. The molecular formula is C19H17NO. The molecule has 0 bridgehead atoms. The Bertz CT molecular complexity index is 722. The molecule has 2 nitrogen and oxygen atoms in total. The van der Waals surface area contributed by atoms with Gasteiger partial charge in [-0.25, -0.2) is 0 Å². The average Bonchev–Trinajstić information content (AvgIpc) is 2.56. The van der Waals surface area contributed by atoms with Gasteiger partial charge < -0.3 is 4.74 Å². The van der Waals surface area contributed by atoms with Gasteiger partial charge in [0.25, 0.3) is 0 Å². The predicted octanol–water partition coefficient (Wildman–Crippen LogP) is 4.35. The molecule has 21 heavy (non-hydrogen) atoms. The maximum atomic E-state index is 5.49. The van der Waals surface area contributed by atoms with Crippen molar-refractivity contribution in [1.29, 1.82) is 0 Å². The summed E-state index contributed by atoms with van der Waals surface area (Å²) in [5, 5.41) is 0. The van der Waals surface area contributed by atoms with Crippen LogP contribution in [0, 0.1) is 0 Å². The summed E-state index contributed by atoms with van der Waals surface area (Å²) in [6, 6.07) is 22.5. The van der Waals surface area contributed by atoms with Gasteiger partial charge in [0.1, 0.15) is 5.75 Å². The number of para-hydroxylation sites is 1. The third kappa shape index (κ3) is 2.95. The number of pyridine rings is 1. The summed E-state index contributed by atoms with van der Waals surface area (Å²) in [4.78, 5) is 4.42. The van der Waals surface area contributed by atoms with Crippen LogP contribution in [0.25, 0.3) is 11.1 Å². The summed E-state index contributed by atoms with van der Waals surface area (Å²) in [7, 11) is 1.71. The van der Waals surface area contributed by atoms with E-state index in [0.29, 0.717) is 0 Å². The highest BCUT2D eigenvalue weighted by Gasteiger charge is 2.10. The Morgan fingerprint density at radius 3 is 2.29 bits per heavy atom. The second kappa shape index (κ2) is 6.23. The maximum absolute atomic E-state index is 5.49. The molecule has 0 saturated carbocycles. The molecule has 0 aliphatic heterocycles. The van der Waals surface area contributed by atoms with E-state index in [9.17, 15) is 0 Å². The summed E-state index contributed by atoms with van der Waals surface area (Å²) in [5.41, 5.74) is 4.63. The smallest absolute Gasteiger partial charge is 0.126 e. The van der Waals surface area contributed by atoms with Crippen LogP contribution >= 0.6 is 0 Å². The van der Waals surface area contributed by atoms with Crippen LogP contribution in [-0.2, 0) is 6.42 Å². The van der Waals surface area contributed by atoms with Crippen LogP contribution in [0.1, 0.15) is 11.3 Å². The van der Waals surface area contributed by atoms with E-state index in [1.165, 1.54) is 11.1 Å². The number of benzene rings is 2. The zero-order chi connectivity index (χ0) is 14.5. The van der Waals surface area contributed by atoms with E-state index in [2.05, 4.69) is 41.4 Å². The van der Waals surface area contributed by atoms with Crippen LogP contribution in [0.4, 0.5) is 0 Å². The maximum Gasteiger partial charge on any atom is 0.126 e. The quantitative estimate of drug-likeness (QED) is 0.706. The van der Waals surface area contributed by atoms with Crippen molar-refractivity contribution in [3.05, 3.63) is 84.2 Å². The molecule has 0 atom stereocenters. The van der Waals surface area contributed by atoms with Crippen LogP contribution < -0.4 is 4.74 Å². The lowest BCUT2D eigenvalue weighted by molar-refractivity contribution is 0.416. The lowest BCUT2D eigenvalue weighted by Crippen LogP contribution is -1.95. The number of aromatic nitrogens is 1. The standard InChI is InChI=1S/C19H17NO/c1-21-19-12-5-4-11-18(19)17-10-3-2-8-15(17)14-16-9-6-7-13-20-16/h2-13H,14H2,1H3. The Labute approximate surface area is 125 Å². The Balaban J connectivity index is 2.04. The summed E-state index contributed by atoms with van der Waals surface area (Å²) < 4.78 is 5.49. The molecule has 0 fully saturated rings. The monoisotopic (exact) mass is 275 g/mol. The highest BCUT2D eigenvalue weighted by molar-refractivity contribution is 5.73. The van der Waals surface area contributed by atoms with E-state index >= 15 is 0 Å². The van der Waals surface area contributed by atoms with Gasteiger partial charge in [-0.3, -0.25) is 4.98 Å². The second-order valence-electron chi connectivity index (χ2n) is 4.86. The minimum Gasteiger partial charge on any atom is -0.496 e. The molecule has 1 aromatic heterocycles. The molecule has 3 rings (SSSR count). The fraction of sp³-hybridized carbons (Fsp3) is 0.105. The minimum atomic E-state index is 0.815. The Hall–Kier alpha value is -2.61. The molecule has 2 heteroatoms. The zero-order valence-electron chi connectivity index (χ0n) is 12.0. The molecule has 104 valence electrons. The van der Waals surface area contributed by atoms with Gasteiger partial charge in [0.2, 0.25) is 0 Å². The molecule has 0 aliphatic carbocycles. The van der Waals surface area contributed by atoms with Gasteiger partial charge in [0, 0.05) is 23.9 Å². The van der Waals surface area contributed by atoms with E-state index < -0.39 is 0 Å².